The molecule has 0 spiro atoms. The van der Waals surface area contributed by atoms with Gasteiger partial charge in [-0.2, -0.15) is 12.6 Å². The fraction of sp³-hybridized carbons (Fsp3) is 0.600. The number of aryl methyl sites for hydroxylation is 1. The van der Waals surface area contributed by atoms with Crippen LogP contribution < -0.4 is 5.32 Å². The van der Waals surface area contributed by atoms with Crippen LogP contribution in [0, 0.1) is 6.92 Å². The Morgan fingerprint density at radius 2 is 1.94 bits per heavy atom. The van der Waals surface area contributed by atoms with Gasteiger partial charge in [0.2, 0.25) is 0 Å². The summed E-state index contributed by atoms with van der Waals surface area (Å²) >= 11 is 4.32. The van der Waals surface area contributed by atoms with Gasteiger partial charge >= 0.3 is 0 Å². The van der Waals surface area contributed by atoms with Gasteiger partial charge in [0.25, 0.3) is 0 Å². The first kappa shape index (κ1) is 14.6. The molecule has 0 amide bonds. The van der Waals surface area contributed by atoms with Crippen molar-refractivity contribution in [1.29, 1.82) is 0 Å². The van der Waals surface area contributed by atoms with Gasteiger partial charge in [0.05, 0.1) is 0 Å². The minimum Gasteiger partial charge on any atom is -0.313 e. The number of rotatable bonds is 4. The van der Waals surface area contributed by atoms with E-state index in [1.807, 2.05) is 7.05 Å². The van der Waals surface area contributed by atoms with E-state index in [1.165, 1.54) is 16.7 Å². The predicted molar refractivity (Wildman–Crippen MR) is 80.1 cm³/mol. The molecule has 1 atom stereocenters. The third-order valence-electron chi connectivity index (χ3n) is 3.28. The quantitative estimate of drug-likeness (QED) is 0.774. The van der Waals surface area contributed by atoms with E-state index in [0.29, 0.717) is 6.04 Å². The van der Waals surface area contributed by atoms with Crippen molar-refractivity contribution >= 4 is 12.6 Å². The largest absolute Gasteiger partial charge is 0.313 e. The van der Waals surface area contributed by atoms with Gasteiger partial charge in [0.15, 0.2) is 0 Å². The highest BCUT2D eigenvalue weighted by Crippen LogP contribution is 2.27. The number of nitrogens with one attached hydrogen (secondary N) is 1. The monoisotopic (exact) mass is 251 g/mol. The van der Waals surface area contributed by atoms with E-state index in [4.69, 9.17) is 0 Å². The molecule has 1 N–H and O–H groups in total. The number of hydrogen-bond donors (Lipinski definition) is 2. The van der Waals surface area contributed by atoms with Crippen LogP contribution in [0.1, 0.15) is 49.9 Å². The second kappa shape index (κ2) is 5.92. The zero-order chi connectivity index (χ0) is 13.1. The topological polar surface area (TPSA) is 12.0 Å². The Bertz CT molecular complexity index is 366. The van der Waals surface area contributed by atoms with Crippen LogP contribution in [0.25, 0.3) is 0 Å². The molecule has 2 heteroatoms. The summed E-state index contributed by atoms with van der Waals surface area (Å²) in [6.45, 7) is 8.97. The van der Waals surface area contributed by atoms with Crippen molar-refractivity contribution in [2.24, 2.45) is 0 Å². The molecule has 1 aromatic carbocycles. The molecule has 1 unspecified atom stereocenters. The molecule has 17 heavy (non-hydrogen) atoms. The Hall–Kier alpha value is -0.470. The first-order valence-corrected chi connectivity index (χ1v) is 6.92. The van der Waals surface area contributed by atoms with Gasteiger partial charge in [-0.1, -0.05) is 39.0 Å². The lowest BCUT2D eigenvalue weighted by atomic mass is 9.84. The summed E-state index contributed by atoms with van der Waals surface area (Å²) in [6, 6.07) is 7.26. The van der Waals surface area contributed by atoms with Crippen molar-refractivity contribution in [2.45, 2.75) is 45.6 Å². The molecular formula is C15H25NS. The Morgan fingerprint density at radius 3 is 2.35 bits per heavy atom. The molecule has 0 bridgehead atoms. The molecule has 1 rings (SSSR count). The van der Waals surface area contributed by atoms with Crippen molar-refractivity contribution < 1.29 is 0 Å². The Labute approximate surface area is 111 Å². The van der Waals surface area contributed by atoms with E-state index in [9.17, 15) is 0 Å². The highest BCUT2D eigenvalue weighted by Gasteiger charge is 2.16. The molecule has 0 heterocycles. The van der Waals surface area contributed by atoms with Crippen LogP contribution in [0.5, 0.6) is 0 Å². The summed E-state index contributed by atoms with van der Waals surface area (Å²) in [7, 11) is 2.02. The third-order valence-corrected chi connectivity index (χ3v) is 3.54. The molecule has 0 aliphatic carbocycles. The first-order valence-electron chi connectivity index (χ1n) is 6.29. The van der Waals surface area contributed by atoms with Crippen LogP contribution in [-0.2, 0) is 5.41 Å². The fourth-order valence-corrected chi connectivity index (χ4v) is 2.38. The highest BCUT2D eigenvalue weighted by molar-refractivity contribution is 7.80. The smallest absolute Gasteiger partial charge is 0.0327 e. The van der Waals surface area contributed by atoms with Gasteiger partial charge in [-0.15, -0.1) is 0 Å². The van der Waals surface area contributed by atoms with Crippen molar-refractivity contribution in [2.75, 3.05) is 12.8 Å². The van der Waals surface area contributed by atoms with Crippen LogP contribution >= 0.6 is 12.6 Å². The lowest BCUT2D eigenvalue weighted by Crippen LogP contribution is -2.19. The zero-order valence-corrected chi connectivity index (χ0v) is 12.6. The van der Waals surface area contributed by atoms with Gasteiger partial charge in [-0.05, 0) is 48.3 Å². The maximum Gasteiger partial charge on any atom is 0.0327 e. The van der Waals surface area contributed by atoms with Gasteiger partial charge in [0.1, 0.15) is 0 Å². The molecule has 1 nitrogen and oxygen atoms in total. The summed E-state index contributed by atoms with van der Waals surface area (Å²) in [4.78, 5) is 0. The maximum atomic E-state index is 4.32. The lowest BCUT2D eigenvalue weighted by Gasteiger charge is -2.23. The van der Waals surface area contributed by atoms with Crippen LogP contribution in [-0.4, -0.2) is 12.8 Å². The number of thiol groups is 1. The van der Waals surface area contributed by atoms with Crippen LogP contribution in [0.4, 0.5) is 0 Å². The molecular weight excluding hydrogens is 226 g/mol. The minimum atomic E-state index is 0.224. The van der Waals surface area contributed by atoms with Gasteiger partial charge in [-0.25, -0.2) is 0 Å². The average Bonchev–Trinajstić information content (AvgIpc) is 2.25. The summed E-state index contributed by atoms with van der Waals surface area (Å²) in [5, 5.41) is 3.37. The molecule has 0 saturated heterocycles. The van der Waals surface area contributed by atoms with E-state index in [1.54, 1.807) is 0 Å². The second-order valence-corrected chi connectivity index (χ2v) is 6.12. The number of benzene rings is 1. The predicted octanol–water partition coefficient (Wildman–Crippen LogP) is 3.87. The fourth-order valence-electron chi connectivity index (χ4n) is 2.12. The number of hydrogen-bond acceptors (Lipinski definition) is 2. The Balaban J connectivity index is 3.04. The zero-order valence-electron chi connectivity index (χ0n) is 11.7. The summed E-state index contributed by atoms with van der Waals surface area (Å²) in [5.41, 5.74) is 4.40. The highest BCUT2D eigenvalue weighted by atomic mass is 32.1. The first-order chi connectivity index (χ1) is 7.90. The minimum absolute atomic E-state index is 0.224. The summed E-state index contributed by atoms with van der Waals surface area (Å²) < 4.78 is 0. The van der Waals surface area contributed by atoms with E-state index < -0.39 is 0 Å². The van der Waals surface area contributed by atoms with Gasteiger partial charge in [-0.3, -0.25) is 0 Å². The summed E-state index contributed by atoms with van der Waals surface area (Å²) in [6.07, 6.45) is 1.06. The van der Waals surface area contributed by atoms with Gasteiger partial charge in [0, 0.05) is 6.04 Å². The van der Waals surface area contributed by atoms with E-state index in [-0.39, 0.29) is 5.41 Å². The molecule has 1 aromatic rings. The van der Waals surface area contributed by atoms with Gasteiger partial charge < -0.3 is 5.32 Å². The second-order valence-electron chi connectivity index (χ2n) is 5.67. The molecule has 0 aromatic heterocycles. The van der Waals surface area contributed by atoms with E-state index >= 15 is 0 Å². The Kier molecular flexibility index (Phi) is 5.08. The SMILES string of the molecule is CNC(CCS)c1ccc(C(C)(C)C)cc1C. The third kappa shape index (κ3) is 3.75. The van der Waals surface area contributed by atoms with E-state index in [2.05, 4.69) is 63.8 Å². The lowest BCUT2D eigenvalue weighted by molar-refractivity contribution is 0.571. The molecule has 0 fully saturated rings. The van der Waals surface area contributed by atoms with Crippen molar-refractivity contribution in [1.82, 2.24) is 5.32 Å². The average molecular weight is 251 g/mol. The Morgan fingerprint density at radius 1 is 1.29 bits per heavy atom. The van der Waals surface area contributed by atoms with Crippen molar-refractivity contribution in [3.63, 3.8) is 0 Å². The van der Waals surface area contributed by atoms with E-state index in [0.717, 1.165) is 12.2 Å². The molecule has 0 saturated carbocycles. The summed E-state index contributed by atoms with van der Waals surface area (Å²) in [5.74, 6) is 0.909. The van der Waals surface area contributed by atoms with Crippen LogP contribution in [0.2, 0.25) is 0 Å². The van der Waals surface area contributed by atoms with Crippen LogP contribution in [0.3, 0.4) is 0 Å². The molecule has 96 valence electrons. The van der Waals surface area contributed by atoms with Crippen molar-refractivity contribution in [3.8, 4) is 0 Å². The molecule has 0 radical (unpaired) electrons. The van der Waals surface area contributed by atoms with Crippen LogP contribution in [0.15, 0.2) is 18.2 Å². The normalized spacial score (nSPS) is 13.8. The molecule has 0 aliphatic rings. The van der Waals surface area contributed by atoms with Crippen molar-refractivity contribution in [3.05, 3.63) is 34.9 Å². The standard InChI is InChI=1S/C15H25NS/c1-11-10-12(15(2,3)4)6-7-13(11)14(16-5)8-9-17/h6-7,10,14,16-17H,8-9H2,1-5H3. The maximum absolute atomic E-state index is 4.32. The molecule has 0 aliphatic heterocycles.